The number of aromatic nitrogens is 2. The number of hydrogen-bond donors (Lipinski definition) is 0. The fraction of sp³-hybridized carbons (Fsp3) is 0.914. The highest BCUT2D eigenvalue weighted by Gasteiger charge is 2.16. The summed E-state index contributed by atoms with van der Waals surface area (Å²) in [4.78, 5) is 0. The van der Waals surface area contributed by atoms with Gasteiger partial charge in [0.15, 0.2) is 0 Å². The van der Waals surface area contributed by atoms with Crippen molar-refractivity contribution in [3.8, 4) is 0 Å². The van der Waals surface area contributed by atoms with Crippen molar-refractivity contribution < 1.29 is 4.57 Å². The smallest absolute Gasteiger partial charge is 0.234 e. The summed E-state index contributed by atoms with van der Waals surface area (Å²) in [6, 6.07) is 0. The van der Waals surface area contributed by atoms with Gasteiger partial charge in [-0.05, 0) is 32.1 Å². The van der Waals surface area contributed by atoms with E-state index in [1.54, 1.807) is 5.82 Å². The van der Waals surface area contributed by atoms with Crippen LogP contribution < -0.4 is 4.57 Å². The van der Waals surface area contributed by atoms with Crippen molar-refractivity contribution in [3.05, 3.63) is 18.2 Å². The zero-order valence-electron chi connectivity index (χ0n) is 26.1. The molecule has 0 atom stereocenters. The first kappa shape index (κ1) is 34.2. The first-order valence-electron chi connectivity index (χ1n) is 17.4. The summed E-state index contributed by atoms with van der Waals surface area (Å²) < 4.78 is 5.23. The number of aryl methyl sites for hydroxylation is 2. The molecule has 2 heteroatoms. The van der Waals surface area contributed by atoms with Crippen LogP contribution in [-0.2, 0) is 19.5 Å². The van der Waals surface area contributed by atoms with Crippen LogP contribution in [0.3, 0.4) is 0 Å². The zero-order chi connectivity index (χ0) is 26.7. The highest BCUT2D eigenvalue weighted by atomic mass is 15.1. The molecular formula is C35H69N2+. The van der Waals surface area contributed by atoms with Gasteiger partial charge in [-0.3, -0.25) is 0 Å². The summed E-state index contributed by atoms with van der Waals surface area (Å²) >= 11 is 0. The predicted molar refractivity (Wildman–Crippen MR) is 165 cm³/mol. The van der Waals surface area contributed by atoms with Crippen molar-refractivity contribution in [1.29, 1.82) is 0 Å². The van der Waals surface area contributed by atoms with Gasteiger partial charge >= 0.3 is 0 Å². The molecule has 0 saturated heterocycles. The summed E-state index contributed by atoms with van der Waals surface area (Å²) in [6.45, 7) is 9.39. The Bertz CT molecular complexity index is 576. The third-order valence-electron chi connectivity index (χ3n) is 8.35. The molecule has 0 fully saturated rings. The molecule has 0 amide bonds. The molecule has 0 aliphatic rings. The van der Waals surface area contributed by atoms with Gasteiger partial charge in [-0.15, -0.1) is 0 Å². The zero-order valence-corrected chi connectivity index (χ0v) is 26.1. The van der Waals surface area contributed by atoms with Gasteiger partial charge in [0.1, 0.15) is 12.4 Å². The molecule has 2 nitrogen and oxygen atoms in total. The van der Waals surface area contributed by atoms with E-state index in [0.29, 0.717) is 0 Å². The van der Waals surface area contributed by atoms with E-state index >= 15 is 0 Å². The molecule has 0 saturated carbocycles. The average Bonchev–Trinajstić information content (AvgIpc) is 3.29. The Labute approximate surface area is 234 Å². The molecule has 1 heterocycles. The average molecular weight is 518 g/mol. The molecule has 0 unspecified atom stereocenters. The molecule has 0 N–H and O–H groups in total. The van der Waals surface area contributed by atoms with Crippen LogP contribution >= 0.6 is 0 Å². The molecule has 218 valence electrons. The van der Waals surface area contributed by atoms with Gasteiger partial charge in [-0.2, -0.15) is 0 Å². The van der Waals surface area contributed by atoms with Gasteiger partial charge in [0.05, 0.1) is 13.1 Å². The Hall–Kier alpha value is -0.790. The van der Waals surface area contributed by atoms with Crippen molar-refractivity contribution in [2.24, 2.45) is 0 Å². The van der Waals surface area contributed by atoms with Crippen molar-refractivity contribution in [1.82, 2.24) is 4.57 Å². The van der Waals surface area contributed by atoms with Gasteiger partial charge in [-0.25, -0.2) is 9.13 Å². The van der Waals surface area contributed by atoms with Gasteiger partial charge in [0.2, 0.25) is 0 Å². The molecule has 0 aliphatic carbocycles. The normalized spacial score (nSPS) is 11.5. The number of nitrogens with zero attached hydrogens (tertiary/aromatic N) is 2. The Morgan fingerprint density at radius 1 is 0.459 bits per heavy atom. The maximum Gasteiger partial charge on any atom is 0.256 e. The van der Waals surface area contributed by atoms with E-state index in [9.17, 15) is 0 Å². The van der Waals surface area contributed by atoms with E-state index in [1.165, 1.54) is 186 Å². The molecule has 0 spiro atoms. The predicted octanol–water partition coefficient (Wildman–Crippen LogP) is 11.5. The molecule has 0 bridgehead atoms. The number of hydrogen-bond acceptors (Lipinski definition) is 0. The lowest BCUT2D eigenvalue weighted by Gasteiger charge is -2.07. The topological polar surface area (TPSA) is 8.81 Å². The summed E-state index contributed by atoms with van der Waals surface area (Å²) in [6.07, 6.45) is 42.9. The van der Waals surface area contributed by atoms with E-state index in [-0.39, 0.29) is 0 Å². The minimum absolute atomic E-state index is 1.22. The Morgan fingerprint density at radius 3 is 1.30 bits per heavy atom. The van der Waals surface area contributed by atoms with Crippen LogP contribution in [0.5, 0.6) is 0 Å². The minimum atomic E-state index is 1.22. The lowest BCUT2D eigenvalue weighted by atomic mass is 10.1. The van der Waals surface area contributed by atoms with Crippen LogP contribution in [0.2, 0.25) is 0 Å². The Morgan fingerprint density at radius 2 is 0.838 bits per heavy atom. The van der Waals surface area contributed by atoms with Crippen molar-refractivity contribution in [3.63, 3.8) is 0 Å². The minimum Gasteiger partial charge on any atom is -0.234 e. The fourth-order valence-corrected chi connectivity index (χ4v) is 5.80. The largest absolute Gasteiger partial charge is 0.256 e. The molecule has 0 aliphatic heterocycles. The SMILES string of the molecule is CCCCCCCCCCCCCC[n+]1ccn(CCCCCCC)c1CCCCCCCCCCC. The van der Waals surface area contributed by atoms with Crippen molar-refractivity contribution >= 4 is 0 Å². The summed E-state index contributed by atoms with van der Waals surface area (Å²) in [5, 5.41) is 0. The summed E-state index contributed by atoms with van der Waals surface area (Å²) in [5.74, 6) is 1.61. The van der Waals surface area contributed by atoms with Crippen LogP contribution in [-0.4, -0.2) is 4.57 Å². The second-order valence-electron chi connectivity index (χ2n) is 12.0. The molecule has 0 aromatic carbocycles. The quantitative estimate of drug-likeness (QED) is 0.0737. The molecule has 1 aromatic rings. The van der Waals surface area contributed by atoms with Crippen LogP contribution in [0.25, 0.3) is 0 Å². The lowest BCUT2D eigenvalue weighted by Crippen LogP contribution is -2.37. The van der Waals surface area contributed by atoms with E-state index in [2.05, 4.69) is 42.3 Å². The van der Waals surface area contributed by atoms with Gasteiger partial charge in [0, 0.05) is 6.42 Å². The van der Waals surface area contributed by atoms with Gasteiger partial charge < -0.3 is 0 Å². The first-order chi connectivity index (χ1) is 18.3. The third-order valence-corrected chi connectivity index (χ3v) is 8.35. The lowest BCUT2D eigenvalue weighted by molar-refractivity contribution is -0.704. The third kappa shape index (κ3) is 19.9. The highest BCUT2D eigenvalue weighted by molar-refractivity contribution is 4.84. The molecule has 0 radical (unpaired) electrons. The standard InChI is InChI=1S/C35H69N2/c1-4-7-10-13-15-17-18-19-21-23-26-29-32-37-34-33-36(31-28-25-12-9-6-3)35(37)30-27-24-22-20-16-14-11-8-5-2/h33-34H,4-32H2,1-3H3/q+1. The van der Waals surface area contributed by atoms with Crippen LogP contribution in [0.1, 0.15) is 194 Å². The number of rotatable bonds is 29. The first-order valence-corrected chi connectivity index (χ1v) is 17.4. The van der Waals surface area contributed by atoms with Crippen LogP contribution in [0.15, 0.2) is 12.4 Å². The van der Waals surface area contributed by atoms with Crippen molar-refractivity contribution in [2.75, 3.05) is 0 Å². The van der Waals surface area contributed by atoms with Crippen molar-refractivity contribution in [2.45, 2.75) is 207 Å². The maximum absolute atomic E-state index is 2.62. The van der Waals surface area contributed by atoms with Gasteiger partial charge in [-0.1, -0.05) is 156 Å². The number of unbranched alkanes of at least 4 members (excludes halogenated alkanes) is 23. The molecule has 37 heavy (non-hydrogen) atoms. The van der Waals surface area contributed by atoms with Crippen LogP contribution in [0, 0.1) is 0 Å². The highest BCUT2D eigenvalue weighted by Crippen LogP contribution is 2.14. The van der Waals surface area contributed by atoms with Gasteiger partial charge in [0.25, 0.3) is 5.82 Å². The second-order valence-corrected chi connectivity index (χ2v) is 12.0. The molecular weight excluding hydrogens is 448 g/mol. The summed E-state index contributed by atoms with van der Waals surface area (Å²) in [5.41, 5.74) is 0. The van der Waals surface area contributed by atoms with E-state index in [1.807, 2.05) is 0 Å². The number of imidazole rings is 1. The molecule has 1 rings (SSSR count). The van der Waals surface area contributed by atoms with Crippen LogP contribution in [0.4, 0.5) is 0 Å². The van der Waals surface area contributed by atoms with E-state index in [0.717, 1.165) is 0 Å². The van der Waals surface area contributed by atoms with E-state index < -0.39 is 0 Å². The Balaban J connectivity index is 2.28. The second kappa shape index (κ2) is 26.8. The monoisotopic (exact) mass is 518 g/mol. The maximum atomic E-state index is 2.62. The molecule has 1 aromatic heterocycles. The summed E-state index contributed by atoms with van der Waals surface area (Å²) in [7, 11) is 0. The van der Waals surface area contributed by atoms with E-state index in [4.69, 9.17) is 0 Å². The Kier molecular flexibility index (Phi) is 24.8. The fourth-order valence-electron chi connectivity index (χ4n) is 5.80.